The predicted molar refractivity (Wildman–Crippen MR) is 70.6 cm³/mol. The zero-order valence-corrected chi connectivity index (χ0v) is 10.8. The molecule has 0 amide bonds. The molecule has 4 heteroatoms. The van der Waals surface area contributed by atoms with Crippen LogP contribution in [0.15, 0.2) is 35.9 Å². The maximum Gasteiger partial charge on any atom is 0.203 e. The number of fused-ring (bicyclic) bond motifs is 3. The normalized spacial score (nSPS) is 39.2. The highest BCUT2D eigenvalue weighted by Crippen LogP contribution is 2.33. The highest BCUT2D eigenvalue weighted by atomic mass is 16.5. The van der Waals surface area contributed by atoms with Crippen molar-refractivity contribution < 1.29 is 4.74 Å². The Morgan fingerprint density at radius 2 is 2.32 bits per heavy atom. The summed E-state index contributed by atoms with van der Waals surface area (Å²) >= 11 is 0. The van der Waals surface area contributed by atoms with Gasteiger partial charge in [-0.25, -0.2) is 0 Å². The smallest absolute Gasteiger partial charge is 0.203 e. The van der Waals surface area contributed by atoms with E-state index >= 15 is 0 Å². The fraction of sp³-hybridized carbons (Fsp3) is 0.533. The van der Waals surface area contributed by atoms with E-state index < -0.39 is 6.10 Å². The van der Waals surface area contributed by atoms with Crippen LogP contribution in [0.4, 0.5) is 0 Å². The molecule has 4 rings (SSSR count). The Hall–Kier alpha value is -1.73. The van der Waals surface area contributed by atoms with Crippen molar-refractivity contribution in [2.75, 3.05) is 19.6 Å². The van der Waals surface area contributed by atoms with Crippen LogP contribution in [0.3, 0.4) is 0 Å². The van der Waals surface area contributed by atoms with E-state index in [1.807, 2.05) is 6.08 Å². The molecule has 2 unspecified atom stereocenters. The zero-order chi connectivity index (χ0) is 12.8. The molecule has 2 fully saturated rings. The zero-order valence-electron chi connectivity index (χ0n) is 10.8. The quantitative estimate of drug-likeness (QED) is 0.713. The molecule has 4 aliphatic heterocycles. The SMILES string of the molecule is N#CC1C=C2C=CN([C@@H]3C[C@H]4CCN(C4)C3)C=C2O1. The summed E-state index contributed by atoms with van der Waals surface area (Å²) < 4.78 is 5.61. The van der Waals surface area contributed by atoms with E-state index in [1.165, 1.54) is 25.9 Å². The number of nitriles is 1. The second-order valence-corrected chi connectivity index (χ2v) is 5.85. The molecule has 4 atom stereocenters. The van der Waals surface area contributed by atoms with Crippen molar-refractivity contribution in [3.8, 4) is 6.07 Å². The van der Waals surface area contributed by atoms with E-state index in [1.54, 1.807) is 0 Å². The third kappa shape index (κ3) is 1.85. The largest absolute Gasteiger partial charge is 0.469 e. The van der Waals surface area contributed by atoms with Crippen molar-refractivity contribution >= 4 is 0 Å². The highest BCUT2D eigenvalue weighted by Gasteiger charge is 2.35. The Labute approximate surface area is 113 Å². The highest BCUT2D eigenvalue weighted by molar-refractivity contribution is 5.44. The minimum Gasteiger partial charge on any atom is -0.469 e. The van der Waals surface area contributed by atoms with E-state index in [0.717, 1.165) is 23.8 Å². The summed E-state index contributed by atoms with van der Waals surface area (Å²) in [5.74, 6) is 1.71. The van der Waals surface area contributed by atoms with Crippen LogP contribution in [-0.2, 0) is 4.74 Å². The lowest BCUT2D eigenvalue weighted by Crippen LogP contribution is -2.43. The molecule has 2 bridgehead atoms. The number of hydrogen-bond donors (Lipinski definition) is 0. The molecule has 0 radical (unpaired) electrons. The number of nitrogens with zero attached hydrogens (tertiary/aromatic N) is 3. The molecule has 0 N–H and O–H groups in total. The predicted octanol–water partition coefficient (Wildman–Crippen LogP) is 1.60. The van der Waals surface area contributed by atoms with Crippen LogP contribution < -0.4 is 0 Å². The molecular weight excluding hydrogens is 238 g/mol. The monoisotopic (exact) mass is 255 g/mol. The van der Waals surface area contributed by atoms with Crippen molar-refractivity contribution in [2.24, 2.45) is 5.92 Å². The number of allylic oxidation sites excluding steroid dienone is 1. The summed E-state index contributed by atoms with van der Waals surface area (Å²) in [5, 5.41) is 8.91. The third-order valence-corrected chi connectivity index (χ3v) is 4.56. The molecule has 4 aliphatic rings. The van der Waals surface area contributed by atoms with Gasteiger partial charge in [0.15, 0.2) is 0 Å². The molecule has 0 aromatic heterocycles. The summed E-state index contributed by atoms with van der Waals surface area (Å²) in [6.45, 7) is 3.68. The van der Waals surface area contributed by atoms with Crippen LogP contribution in [0.2, 0.25) is 0 Å². The Morgan fingerprint density at radius 3 is 3.16 bits per heavy atom. The molecule has 0 saturated carbocycles. The van der Waals surface area contributed by atoms with Gasteiger partial charge in [0.2, 0.25) is 6.10 Å². The molecule has 2 saturated heterocycles. The Kier molecular flexibility index (Phi) is 2.42. The molecule has 0 spiro atoms. The average molecular weight is 255 g/mol. The minimum atomic E-state index is -0.419. The number of ether oxygens (including phenoxy) is 1. The van der Waals surface area contributed by atoms with Gasteiger partial charge in [0.25, 0.3) is 0 Å². The first-order valence-corrected chi connectivity index (χ1v) is 7.00. The number of hydrogen-bond acceptors (Lipinski definition) is 4. The molecule has 98 valence electrons. The van der Waals surface area contributed by atoms with Crippen molar-refractivity contribution in [3.05, 3.63) is 35.9 Å². The first-order chi connectivity index (χ1) is 9.31. The van der Waals surface area contributed by atoms with Gasteiger partial charge in [-0.1, -0.05) is 0 Å². The van der Waals surface area contributed by atoms with Gasteiger partial charge < -0.3 is 14.5 Å². The second-order valence-electron chi connectivity index (χ2n) is 5.85. The first kappa shape index (κ1) is 11.1. The average Bonchev–Trinajstić information content (AvgIpc) is 3.00. The van der Waals surface area contributed by atoms with Crippen LogP contribution in [0.5, 0.6) is 0 Å². The second kappa shape index (κ2) is 4.14. The van der Waals surface area contributed by atoms with Gasteiger partial charge >= 0.3 is 0 Å². The lowest BCUT2D eigenvalue weighted by atomic mass is 9.95. The van der Waals surface area contributed by atoms with Crippen molar-refractivity contribution in [2.45, 2.75) is 25.0 Å². The standard InChI is InChI=1S/C15H17N3O/c16-7-14-6-12-2-4-18(10-15(12)19-14)13-5-11-1-3-17(8-11)9-13/h2,4,6,10-11,13-14H,1,3,5,8-9H2/t11-,13-,14?/m1/s1. The molecule has 0 aliphatic carbocycles. The van der Waals surface area contributed by atoms with Crippen molar-refractivity contribution in [1.82, 2.24) is 9.80 Å². The number of piperidine rings is 1. The topological polar surface area (TPSA) is 39.5 Å². The van der Waals surface area contributed by atoms with Crippen LogP contribution in [0.1, 0.15) is 12.8 Å². The first-order valence-electron chi connectivity index (χ1n) is 7.00. The summed E-state index contributed by atoms with van der Waals surface area (Å²) in [6.07, 6.45) is 10.4. The van der Waals surface area contributed by atoms with E-state index in [2.05, 4.69) is 34.3 Å². The van der Waals surface area contributed by atoms with Crippen LogP contribution in [0, 0.1) is 17.2 Å². The van der Waals surface area contributed by atoms with Gasteiger partial charge in [0, 0.05) is 37.1 Å². The van der Waals surface area contributed by atoms with Gasteiger partial charge in [-0.15, -0.1) is 0 Å². The Bertz CT molecular complexity index is 516. The van der Waals surface area contributed by atoms with Crippen molar-refractivity contribution in [3.63, 3.8) is 0 Å². The lowest BCUT2D eigenvalue weighted by Gasteiger charge is -2.37. The Morgan fingerprint density at radius 1 is 1.37 bits per heavy atom. The Balaban J connectivity index is 1.53. The molecule has 19 heavy (non-hydrogen) atoms. The van der Waals surface area contributed by atoms with Crippen LogP contribution in [0.25, 0.3) is 0 Å². The van der Waals surface area contributed by atoms with Gasteiger partial charge in [0.1, 0.15) is 11.8 Å². The summed E-state index contributed by atoms with van der Waals surface area (Å²) in [5.41, 5.74) is 1.04. The van der Waals surface area contributed by atoms with E-state index in [-0.39, 0.29) is 0 Å². The van der Waals surface area contributed by atoms with E-state index in [0.29, 0.717) is 6.04 Å². The third-order valence-electron chi connectivity index (χ3n) is 4.56. The fourth-order valence-corrected chi connectivity index (χ4v) is 3.61. The fourth-order valence-electron chi connectivity index (χ4n) is 3.61. The lowest BCUT2D eigenvalue weighted by molar-refractivity contribution is 0.163. The van der Waals surface area contributed by atoms with Gasteiger partial charge in [-0.05, 0) is 37.5 Å². The maximum absolute atomic E-state index is 8.91. The van der Waals surface area contributed by atoms with Gasteiger partial charge in [-0.2, -0.15) is 5.26 Å². The van der Waals surface area contributed by atoms with Crippen LogP contribution in [-0.4, -0.2) is 41.6 Å². The molecular formula is C15H17N3O. The van der Waals surface area contributed by atoms with Crippen molar-refractivity contribution in [1.29, 1.82) is 5.26 Å². The van der Waals surface area contributed by atoms with Gasteiger partial charge in [-0.3, -0.25) is 0 Å². The van der Waals surface area contributed by atoms with E-state index in [9.17, 15) is 0 Å². The summed E-state index contributed by atoms with van der Waals surface area (Å²) in [6, 6.07) is 2.69. The van der Waals surface area contributed by atoms with E-state index in [4.69, 9.17) is 10.00 Å². The summed E-state index contributed by atoms with van der Waals surface area (Å²) in [4.78, 5) is 4.83. The van der Waals surface area contributed by atoms with Gasteiger partial charge in [0.05, 0.1) is 0 Å². The molecule has 0 aromatic rings. The molecule has 4 nitrogen and oxygen atoms in total. The molecule has 0 aromatic carbocycles. The van der Waals surface area contributed by atoms with Crippen LogP contribution >= 0.6 is 0 Å². The number of rotatable bonds is 1. The summed E-state index contributed by atoms with van der Waals surface area (Å²) in [7, 11) is 0. The molecule has 4 heterocycles. The minimum absolute atomic E-state index is 0.419. The maximum atomic E-state index is 8.91.